The predicted molar refractivity (Wildman–Crippen MR) is 32.3 cm³/mol. The summed E-state index contributed by atoms with van der Waals surface area (Å²) in [5.41, 5.74) is 0. The molecule has 1 fully saturated rings. The number of nitrogens with zero attached hydrogens (tertiary/aromatic N) is 1. The standard InChI is InChI=1S/C4H5NO2S/c6-5-1-4-2-7-3-8-4/h1H,2-3H2/b4-1+. The molecule has 0 aromatic rings. The molecule has 1 aliphatic heterocycles. The van der Waals surface area contributed by atoms with Crippen LogP contribution in [0.3, 0.4) is 0 Å². The van der Waals surface area contributed by atoms with Crippen LogP contribution in [0.15, 0.2) is 16.3 Å². The monoisotopic (exact) mass is 131 g/mol. The Hall–Kier alpha value is -0.350. The van der Waals surface area contributed by atoms with Gasteiger partial charge < -0.3 is 4.74 Å². The molecule has 3 nitrogen and oxygen atoms in total. The van der Waals surface area contributed by atoms with E-state index in [1.54, 1.807) is 0 Å². The fourth-order valence-electron chi connectivity index (χ4n) is 0.435. The van der Waals surface area contributed by atoms with Crippen molar-refractivity contribution in [1.29, 1.82) is 0 Å². The first-order chi connectivity index (χ1) is 3.93. The quantitative estimate of drug-likeness (QED) is 0.504. The van der Waals surface area contributed by atoms with Crippen LogP contribution in [-0.4, -0.2) is 12.5 Å². The predicted octanol–water partition coefficient (Wildman–Crippen LogP) is 1.32. The Balaban J connectivity index is 2.44. The van der Waals surface area contributed by atoms with E-state index in [-0.39, 0.29) is 0 Å². The number of nitroso groups, excluding NO2 is 1. The molecule has 0 atom stereocenters. The lowest BCUT2D eigenvalue weighted by atomic mass is 10.6. The smallest absolute Gasteiger partial charge is 0.0970 e. The molecule has 1 heterocycles. The Bertz CT molecular complexity index is 115. The van der Waals surface area contributed by atoms with Crippen molar-refractivity contribution < 1.29 is 4.74 Å². The number of ether oxygens (including phenoxy) is 1. The summed E-state index contributed by atoms with van der Waals surface area (Å²) in [6.07, 6.45) is 1.29. The molecule has 1 aliphatic rings. The molecule has 0 bridgehead atoms. The van der Waals surface area contributed by atoms with Gasteiger partial charge in [-0.05, 0) is 5.18 Å². The van der Waals surface area contributed by atoms with Gasteiger partial charge >= 0.3 is 0 Å². The molecule has 0 unspecified atom stereocenters. The number of thioether (sulfide) groups is 1. The largest absolute Gasteiger partial charge is 0.365 e. The summed E-state index contributed by atoms with van der Waals surface area (Å²) < 4.78 is 4.91. The zero-order valence-corrected chi connectivity index (χ0v) is 4.98. The van der Waals surface area contributed by atoms with Gasteiger partial charge in [-0.2, -0.15) is 0 Å². The molecular formula is C4H5NO2S. The number of hydrogen-bond donors (Lipinski definition) is 0. The lowest BCUT2D eigenvalue weighted by molar-refractivity contribution is 0.227. The summed E-state index contributed by atoms with van der Waals surface area (Å²) in [4.78, 5) is 10.5. The molecular weight excluding hydrogens is 126 g/mol. The van der Waals surface area contributed by atoms with Crippen LogP contribution in [0.1, 0.15) is 0 Å². The maximum atomic E-state index is 9.57. The first-order valence-electron chi connectivity index (χ1n) is 2.15. The molecule has 0 spiro atoms. The lowest BCUT2D eigenvalue weighted by Gasteiger charge is -1.80. The Morgan fingerprint density at radius 3 is 3.25 bits per heavy atom. The van der Waals surface area contributed by atoms with Gasteiger partial charge in [0.15, 0.2) is 0 Å². The Kier molecular flexibility index (Phi) is 2.05. The van der Waals surface area contributed by atoms with Crippen molar-refractivity contribution in [3.8, 4) is 0 Å². The zero-order valence-electron chi connectivity index (χ0n) is 4.16. The second kappa shape index (κ2) is 2.84. The summed E-state index contributed by atoms with van der Waals surface area (Å²) in [6, 6.07) is 0. The van der Waals surface area contributed by atoms with Crippen LogP contribution < -0.4 is 0 Å². The van der Waals surface area contributed by atoms with E-state index in [0.29, 0.717) is 12.5 Å². The van der Waals surface area contributed by atoms with Crippen molar-refractivity contribution in [2.75, 3.05) is 12.5 Å². The highest BCUT2D eigenvalue weighted by molar-refractivity contribution is 8.03. The van der Waals surface area contributed by atoms with Gasteiger partial charge in [-0.25, -0.2) is 0 Å². The zero-order chi connectivity index (χ0) is 5.82. The SMILES string of the molecule is O=N/C=C1\COCS1. The molecule has 0 aromatic carbocycles. The van der Waals surface area contributed by atoms with Crippen LogP contribution in [0, 0.1) is 4.91 Å². The van der Waals surface area contributed by atoms with Crippen LogP contribution in [0.25, 0.3) is 0 Å². The Labute approximate surface area is 51.1 Å². The van der Waals surface area contributed by atoms with Crippen LogP contribution in [-0.2, 0) is 4.74 Å². The van der Waals surface area contributed by atoms with Crippen LogP contribution in [0.5, 0.6) is 0 Å². The molecule has 4 heteroatoms. The first kappa shape index (κ1) is 5.78. The van der Waals surface area contributed by atoms with Crippen molar-refractivity contribution in [1.82, 2.24) is 0 Å². The van der Waals surface area contributed by atoms with Gasteiger partial charge in [0.25, 0.3) is 0 Å². The van der Waals surface area contributed by atoms with Crippen LogP contribution >= 0.6 is 11.8 Å². The van der Waals surface area contributed by atoms with E-state index in [2.05, 4.69) is 5.18 Å². The fraction of sp³-hybridized carbons (Fsp3) is 0.500. The van der Waals surface area contributed by atoms with Crippen molar-refractivity contribution >= 4 is 11.8 Å². The van der Waals surface area contributed by atoms with E-state index in [1.807, 2.05) is 0 Å². The van der Waals surface area contributed by atoms with Crippen molar-refractivity contribution in [2.24, 2.45) is 5.18 Å². The van der Waals surface area contributed by atoms with Gasteiger partial charge in [-0.15, -0.1) is 4.91 Å². The summed E-state index contributed by atoms with van der Waals surface area (Å²) in [6.45, 7) is 0.552. The van der Waals surface area contributed by atoms with Gasteiger partial charge in [0.2, 0.25) is 0 Å². The molecule has 0 saturated carbocycles. The normalized spacial score (nSPS) is 24.2. The van der Waals surface area contributed by atoms with Crippen molar-refractivity contribution in [2.45, 2.75) is 0 Å². The summed E-state index contributed by atoms with van der Waals surface area (Å²) in [5, 5.41) is 2.60. The molecule has 0 aromatic heterocycles. The summed E-state index contributed by atoms with van der Waals surface area (Å²) >= 11 is 1.51. The number of hydrogen-bond acceptors (Lipinski definition) is 4. The summed E-state index contributed by atoms with van der Waals surface area (Å²) in [7, 11) is 0. The van der Waals surface area contributed by atoms with E-state index in [9.17, 15) is 4.91 Å². The van der Waals surface area contributed by atoms with Crippen molar-refractivity contribution in [3.63, 3.8) is 0 Å². The van der Waals surface area contributed by atoms with Gasteiger partial charge in [0, 0.05) is 4.91 Å². The van der Waals surface area contributed by atoms with E-state index < -0.39 is 0 Å². The third kappa shape index (κ3) is 1.31. The average molecular weight is 131 g/mol. The lowest BCUT2D eigenvalue weighted by Crippen LogP contribution is -1.78. The van der Waals surface area contributed by atoms with E-state index in [1.165, 1.54) is 18.0 Å². The molecule has 0 aliphatic carbocycles. The number of rotatable bonds is 1. The summed E-state index contributed by atoms with van der Waals surface area (Å²) in [5.74, 6) is 0.654. The molecule has 1 saturated heterocycles. The minimum absolute atomic E-state index is 0.552. The van der Waals surface area contributed by atoms with Crippen LogP contribution in [0.4, 0.5) is 0 Å². The highest BCUT2D eigenvalue weighted by Gasteiger charge is 2.05. The topological polar surface area (TPSA) is 38.7 Å². The maximum Gasteiger partial charge on any atom is 0.0970 e. The van der Waals surface area contributed by atoms with Crippen molar-refractivity contribution in [3.05, 3.63) is 16.0 Å². The van der Waals surface area contributed by atoms with Gasteiger partial charge in [-0.1, -0.05) is 11.8 Å². The van der Waals surface area contributed by atoms with Gasteiger partial charge in [0.05, 0.1) is 18.7 Å². The minimum atomic E-state index is 0.552. The third-order valence-electron chi connectivity index (χ3n) is 0.769. The Morgan fingerprint density at radius 2 is 2.75 bits per heavy atom. The van der Waals surface area contributed by atoms with E-state index in [4.69, 9.17) is 4.74 Å². The second-order valence-electron chi connectivity index (χ2n) is 1.31. The molecule has 44 valence electrons. The second-order valence-corrected chi connectivity index (χ2v) is 2.36. The third-order valence-corrected chi connectivity index (χ3v) is 1.65. The molecule has 1 rings (SSSR count). The molecule has 0 amide bonds. The van der Waals surface area contributed by atoms with Gasteiger partial charge in [-0.3, -0.25) is 0 Å². The Morgan fingerprint density at radius 1 is 1.88 bits per heavy atom. The molecule has 0 N–H and O–H groups in total. The van der Waals surface area contributed by atoms with E-state index >= 15 is 0 Å². The van der Waals surface area contributed by atoms with Gasteiger partial charge in [0.1, 0.15) is 0 Å². The first-order valence-corrected chi connectivity index (χ1v) is 3.14. The molecule has 8 heavy (non-hydrogen) atoms. The fourth-order valence-corrected chi connectivity index (χ4v) is 1.04. The minimum Gasteiger partial charge on any atom is -0.365 e. The van der Waals surface area contributed by atoms with Crippen LogP contribution in [0.2, 0.25) is 0 Å². The molecule has 0 radical (unpaired) electrons. The van der Waals surface area contributed by atoms with E-state index in [0.717, 1.165) is 4.91 Å². The highest BCUT2D eigenvalue weighted by Crippen LogP contribution is 2.22. The average Bonchev–Trinajstić information content (AvgIpc) is 2.19. The highest BCUT2D eigenvalue weighted by atomic mass is 32.2. The maximum absolute atomic E-state index is 9.57.